The molecule has 18 heavy (non-hydrogen) atoms. The molecule has 0 fully saturated rings. The van der Waals surface area contributed by atoms with Crippen molar-refractivity contribution in [3.05, 3.63) is 23.7 Å². The van der Waals surface area contributed by atoms with E-state index < -0.39 is 8.80 Å². The van der Waals surface area contributed by atoms with Gasteiger partial charge in [0.25, 0.3) is 0 Å². The highest BCUT2D eigenvalue weighted by atomic mass is 35.5. The maximum atomic E-state index is 5.99. The SMILES string of the molecule is C[SiH](C)CCCOCn1ccc2c(Cl)ncnc21. The summed E-state index contributed by atoms with van der Waals surface area (Å²) < 4.78 is 7.61. The van der Waals surface area contributed by atoms with Crippen LogP contribution < -0.4 is 0 Å². The Hall–Kier alpha value is -0.913. The van der Waals surface area contributed by atoms with Crippen LogP contribution in [0.5, 0.6) is 0 Å². The Morgan fingerprint density at radius 1 is 1.39 bits per heavy atom. The zero-order chi connectivity index (χ0) is 13.0. The number of ether oxygens (including phenoxy) is 1. The first-order valence-electron chi connectivity index (χ1n) is 6.21. The molecule has 4 nitrogen and oxygen atoms in total. The van der Waals surface area contributed by atoms with E-state index in [1.807, 2.05) is 16.8 Å². The lowest BCUT2D eigenvalue weighted by Crippen LogP contribution is -2.06. The van der Waals surface area contributed by atoms with Crippen molar-refractivity contribution in [1.82, 2.24) is 14.5 Å². The van der Waals surface area contributed by atoms with E-state index in [4.69, 9.17) is 16.3 Å². The molecule has 2 heterocycles. The van der Waals surface area contributed by atoms with E-state index >= 15 is 0 Å². The number of aromatic nitrogens is 3. The van der Waals surface area contributed by atoms with E-state index in [2.05, 4.69) is 23.1 Å². The van der Waals surface area contributed by atoms with Gasteiger partial charge in [-0.05, 0) is 12.5 Å². The molecule has 0 amide bonds. The van der Waals surface area contributed by atoms with Gasteiger partial charge in [-0.1, -0.05) is 30.7 Å². The molecule has 0 unspecified atom stereocenters. The first-order valence-corrected chi connectivity index (χ1v) is 9.72. The van der Waals surface area contributed by atoms with Crippen LogP contribution in [0.4, 0.5) is 0 Å². The molecule has 2 aromatic heterocycles. The fourth-order valence-corrected chi connectivity index (χ4v) is 3.01. The number of fused-ring (bicyclic) bond motifs is 1. The number of rotatable bonds is 6. The number of halogens is 1. The Morgan fingerprint density at radius 2 is 2.22 bits per heavy atom. The molecule has 0 N–H and O–H groups in total. The van der Waals surface area contributed by atoms with Gasteiger partial charge >= 0.3 is 0 Å². The molecular formula is C12H18ClN3OSi. The van der Waals surface area contributed by atoms with Gasteiger partial charge in [0.1, 0.15) is 23.9 Å². The van der Waals surface area contributed by atoms with Crippen LogP contribution >= 0.6 is 11.6 Å². The second kappa shape index (κ2) is 6.31. The molecule has 0 atom stereocenters. The van der Waals surface area contributed by atoms with E-state index in [9.17, 15) is 0 Å². The number of hydrogen-bond acceptors (Lipinski definition) is 3. The summed E-state index contributed by atoms with van der Waals surface area (Å²) in [6.45, 7) is 6.05. The van der Waals surface area contributed by atoms with Crippen molar-refractivity contribution < 1.29 is 4.74 Å². The van der Waals surface area contributed by atoms with Crippen LogP contribution in [0, 0.1) is 0 Å². The van der Waals surface area contributed by atoms with E-state index in [0.717, 1.165) is 24.1 Å². The zero-order valence-electron chi connectivity index (χ0n) is 10.8. The third-order valence-corrected chi connectivity index (χ3v) is 4.67. The summed E-state index contributed by atoms with van der Waals surface area (Å²) in [6.07, 6.45) is 4.56. The van der Waals surface area contributed by atoms with Crippen LogP contribution in [-0.4, -0.2) is 29.9 Å². The van der Waals surface area contributed by atoms with Crippen LogP contribution in [0.2, 0.25) is 24.3 Å². The summed E-state index contributed by atoms with van der Waals surface area (Å²) in [7, 11) is -0.447. The fourth-order valence-electron chi connectivity index (χ4n) is 1.83. The highest BCUT2D eigenvalue weighted by molar-refractivity contribution is 6.55. The molecule has 0 aliphatic carbocycles. The minimum absolute atomic E-state index is 0.447. The lowest BCUT2D eigenvalue weighted by atomic mass is 10.4. The normalized spacial score (nSPS) is 11.6. The Labute approximate surface area is 114 Å². The van der Waals surface area contributed by atoms with Gasteiger partial charge in [0, 0.05) is 21.6 Å². The van der Waals surface area contributed by atoms with Crippen molar-refractivity contribution >= 4 is 31.4 Å². The maximum Gasteiger partial charge on any atom is 0.146 e. The average Bonchev–Trinajstić information content (AvgIpc) is 2.73. The molecule has 2 aromatic rings. The molecule has 0 saturated carbocycles. The molecule has 0 saturated heterocycles. The van der Waals surface area contributed by atoms with E-state index in [1.165, 1.54) is 12.4 Å². The Kier molecular flexibility index (Phi) is 4.74. The van der Waals surface area contributed by atoms with E-state index in [0.29, 0.717) is 11.9 Å². The Balaban J connectivity index is 1.90. The van der Waals surface area contributed by atoms with Crippen molar-refractivity contribution in [1.29, 1.82) is 0 Å². The highest BCUT2D eigenvalue weighted by Gasteiger charge is 2.06. The van der Waals surface area contributed by atoms with Crippen molar-refractivity contribution in [3.8, 4) is 0 Å². The van der Waals surface area contributed by atoms with Gasteiger partial charge in [0.05, 0.1) is 5.39 Å². The first-order chi connectivity index (χ1) is 8.68. The van der Waals surface area contributed by atoms with Gasteiger partial charge in [-0.15, -0.1) is 0 Å². The fraction of sp³-hybridized carbons (Fsp3) is 0.500. The molecule has 0 spiro atoms. The smallest absolute Gasteiger partial charge is 0.146 e. The topological polar surface area (TPSA) is 39.9 Å². The van der Waals surface area contributed by atoms with Gasteiger partial charge < -0.3 is 9.30 Å². The van der Waals surface area contributed by atoms with Gasteiger partial charge in [-0.3, -0.25) is 0 Å². The van der Waals surface area contributed by atoms with Crippen LogP contribution in [0.3, 0.4) is 0 Å². The maximum absolute atomic E-state index is 5.99. The Morgan fingerprint density at radius 3 is 3.00 bits per heavy atom. The minimum Gasteiger partial charge on any atom is -0.361 e. The molecule has 0 bridgehead atoms. The number of nitrogens with zero attached hydrogens (tertiary/aromatic N) is 3. The predicted molar refractivity (Wildman–Crippen MR) is 76.8 cm³/mol. The van der Waals surface area contributed by atoms with Crippen LogP contribution in [0.15, 0.2) is 18.6 Å². The highest BCUT2D eigenvalue weighted by Crippen LogP contribution is 2.19. The molecule has 0 aliphatic heterocycles. The summed E-state index contributed by atoms with van der Waals surface area (Å²) in [4.78, 5) is 8.18. The minimum atomic E-state index is -0.447. The quantitative estimate of drug-likeness (QED) is 0.465. The molecule has 2 rings (SSSR count). The largest absolute Gasteiger partial charge is 0.361 e. The van der Waals surface area contributed by atoms with Crippen molar-refractivity contribution in [2.45, 2.75) is 32.3 Å². The Bertz CT molecular complexity index is 515. The second-order valence-electron chi connectivity index (χ2n) is 4.76. The average molecular weight is 284 g/mol. The van der Waals surface area contributed by atoms with Crippen LogP contribution in [0.1, 0.15) is 6.42 Å². The summed E-state index contributed by atoms with van der Waals surface area (Å²) in [5.41, 5.74) is 0.827. The van der Waals surface area contributed by atoms with Crippen molar-refractivity contribution in [2.24, 2.45) is 0 Å². The first kappa shape index (κ1) is 13.5. The van der Waals surface area contributed by atoms with Crippen molar-refractivity contribution in [3.63, 3.8) is 0 Å². The summed E-state index contributed by atoms with van der Waals surface area (Å²) in [5, 5.41) is 1.36. The zero-order valence-corrected chi connectivity index (χ0v) is 12.7. The molecule has 0 aromatic carbocycles. The molecule has 0 aliphatic rings. The monoisotopic (exact) mass is 283 g/mol. The van der Waals surface area contributed by atoms with E-state index in [-0.39, 0.29) is 0 Å². The van der Waals surface area contributed by atoms with Crippen molar-refractivity contribution in [2.75, 3.05) is 6.61 Å². The summed E-state index contributed by atoms with van der Waals surface area (Å²) >= 11 is 5.99. The molecule has 6 heteroatoms. The predicted octanol–water partition coefficient (Wildman–Crippen LogP) is 2.94. The molecule has 98 valence electrons. The van der Waals surface area contributed by atoms with Gasteiger partial charge in [0.15, 0.2) is 0 Å². The summed E-state index contributed by atoms with van der Waals surface area (Å²) in [5.74, 6) is 0. The second-order valence-corrected chi connectivity index (χ2v) is 8.48. The van der Waals surface area contributed by atoms with Crippen LogP contribution in [-0.2, 0) is 11.5 Å². The lowest BCUT2D eigenvalue weighted by molar-refractivity contribution is 0.0800. The third kappa shape index (κ3) is 3.31. The third-order valence-electron chi connectivity index (χ3n) is 2.81. The van der Waals surface area contributed by atoms with Crippen LogP contribution in [0.25, 0.3) is 11.0 Å². The van der Waals surface area contributed by atoms with Gasteiger partial charge in [0.2, 0.25) is 0 Å². The number of hydrogen-bond donors (Lipinski definition) is 0. The van der Waals surface area contributed by atoms with Gasteiger partial charge in [-0.25, -0.2) is 9.97 Å². The van der Waals surface area contributed by atoms with Gasteiger partial charge in [-0.2, -0.15) is 0 Å². The van der Waals surface area contributed by atoms with E-state index in [1.54, 1.807) is 0 Å². The summed E-state index contributed by atoms with van der Waals surface area (Å²) in [6, 6.07) is 3.25. The molecule has 0 radical (unpaired) electrons. The lowest BCUT2D eigenvalue weighted by Gasteiger charge is -2.07. The molecular weight excluding hydrogens is 266 g/mol. The standard InChI is InChI=1S/C12H18ClN3OSi/c1-18(2)7-3-6-17-9-16-5-4-10-11(13)14-8-15-12(10)16/h4-5,8,18H,3,6-7,9H2,1-2H3.